The summed E-state index contributed by atoms with van der Waals surface area (Å²) in [6, 6.07) is 3.10. The van der Waals surface area contributed by atoms with E-state index in [1.807, 2.05) is 13.8 Å². The number of halogens is 2. The quantitative estimate of drug-likeness (QED) is 0.804. The van der Waals surface area contributed by atoms with Gasteiger partial charge < -0.3 is 10.1 Å². The summed E-state index contributed by atoms with van der Waals surface area (Å²) in [5.41, 5.74) is 0.495. The van der Waals surface area contributed by atoms with Crippen molar-refractivity contribution in [3.8, 4) is 0 Å². The highest BCUT2D eigenvalue weighted by Gasteiger charge is 2.24. The molecule has 2 rings (SSSR count). The van der Waals surface area contributed by atoms with Gasteiger partial charge in [0.2, 0.25) is 0 Å². The van der Waals surface area contributed by atoms with Crippen LogP contribution in [0.25, 0.3) is 0 Å². The summed E-state index contributed by atoms with van der Waals surface area (Å²) in [5.74, 6) is -1.83. The zero-order valence-electron chi connectivity index (χ0n) is 9.09. The van der Waals surface area contributed by atoms with Gasteiger partial charge in [0.1, 0.15) is 6.61 Å². The first-order valence-electron chi connectivity index (χ1n) is 5.05. The minimum absolute atomic E-state index is 0.143. The van der Waals surface area contributed by atoms with Crippen LogP contribution in [-0.2, 0) is 4.74 Å². The molecular weight excluding hydrogens is 216 g/mol. The molecule has 1 N–H and O–H groups in total. The van der Waals surface area contributed by atoms with Gasteiger partial charge in [-0.15, -0.1) is 0 Å². The number of benzene rings is 1. The van der Waals surface area contributed by atoms with Crippen LogP contribution >= 0.6 is 0 Å². The van der Waals surface area contributed by atoms with Crippen molar-refractivity contribution < 1.29 is 18.3 Å². The second-order valence-electron chi connectivity index (χ2n) is 2.97. The van der Waals surface area contributed by atoms with Crippen LogP contribution in [0.2, 0.25) is 0 Å². The smallest absolute Gasteiger partial charge is 0.407 e. The molecule has 1 aromatic carbocycles. The van der Waals surface area contributed by atoms with Gasteiger partial charge in [-0.1, -0.05) is 19.9 Å². The SMILES string of the molecule is CC.O=C1N[C@@H](c2ccc(F)c(F)c2)CO1. The normalized spacial score (nSPS) is 18.2. The Morgan fingerprint density at radius 3 is 2.50 bits per heavy atom. The third-order valence-corrected chi connectivity index (χ3v) is 2.02. The molecule has 0 aliphatic carbocycles. The number of carbonyl (C=O) groups is 1. The Labute approximate surface area is 92.4 Å². The number of alkyl carbamates (subject to hydrolysis) is 1. The second-order valence-corrected chi connectivity index (χ2v) is 2.97. The van der Waals surface area contributed by atoms with Gasteiger partial charge in [-0.05, 0) is 17.7 Å². The van der Waals surface area contributed by atoms with E-state index in [-0.39, 0.29) is 6.61 Å². The van der Waals surface area contributed by atoms with E-state index in [1.54, 1.807) is 0 Å². The van der Waals surface area contributed by atoms with Gasteiger partial charge in [0.05, 0.1) is 6.04 Å². The largest absolute Gasteiger partial charge is 0.447 e. The van der Waals surface area contributed by atoms with E-state index in [0.29, 0.717) is 5.56 Å². The van der Waals surface area contributed by atoms with Crippen molar-refractivity contribution in [2.45, 2.75) is 19.9 Å². The number of cyclic esters (lactones) is 1. The van der Waals surface area contributed by atoms with Crippen LogP contribution < -0.4 is 5.32 Å². The average Bonchev–Trinajstić information content (AvgIpc) is 2.72. The van der Waals surface area contributed by atoms with Crippen molar-refractivity contribution in [2.24, 2.45) is 0 Å². The fourth-order valence-electron chi connectivity index (χ4n) is 1.29. The molecule has 0 saturated carbocycles. The Morgan fingerprint density at radius 2 is 2.00 bits per heavy atom. The van der Waals surface area contributed by atoms with Crippen molar-refractivity contribution in [3.05, 3.63) is 35.4 Å². The Bertz CT molecular complexity index is 382. The highest BCUT2D eigenvalue weighted by atomic mass is 19.2. The molecule has 1 atom stereocenters. The molecule has 0 bridgehead atoms. The summed E-state index contributed by atoms with van der Waals surface area (Å²) in [4.78, 5) is 10.7. The van der Waals surface area contributed by atoms with Crippen molar-refractivity contribution in [1.29, 1.82) is 0 Å². The molecular formula is C11H13F2NO2. The van der Waals surface area contributed by atoms with Gasteiger partial charge in [0.15, 0.2) is 11.6 Å². The van der Waals surface area contributed by atoms with E-state index < -0.39 is 23.8 Å². The predicted molar refractivity (Wildman–Crippen MR) is 54.9 cm³/mol. The van der Waals surface area contributed by atoms with Crippen LogP contribution in [0, 0.1) is 11.6 Å². The molecule has 0 spiro atoms. The number of ether oxygens (including phenoxy) is 1. The van der Waals surface area contributed by atoms with Crippen LogP contribution in [0.4, 0.5) is 13.6 Å². The minimum atomic E-state index is -0.927. The van der Waals surface area contributed by atoms with E-state index in [4.69, 9.17) is 0 Å². The predicted octanol–water partition coefficient (Wildman–Crippen LogP) is 2.77. The highest BCUT2D eigenvalue weighted by molar-refractivity contribution is 5.70. The van der Waals surface area contributed by atoms with Crippen LogP contribution in [0.15, 0.2) is 18.2 Å². The fourth-order valence-corrected chi connectivity index (χ4v) is 1.29. The molecule has 3 nitrogen and oxygen atoms in total. The number of hydrogen-bond acceptors (Lipinski definition) is 2. The van der Waals surface area contributed by atoms with Gasteiger partial charge in [-0.3, -0.25) is 0 Å². The highest BCUT2D eigenvalue weighted by Crippen LogP contribution is 2.19. The topological polar surface area (TPSA) is 38.3 Å². The lowest BCUT2D eigenvalue weighted by Gasteiger charge is -2.07. The minimum Gasteiger partial charge on any atom is -0.447 e. The number of amides is 1. The molecule has 16 heavy (non-hydrogen) atoms. The summed E-state index contributed by atoms with van der Waals surface area (Å²) < 4.78 is 30.0. The van der Waals surface area contributed by atoms with Crippen LogP contribution in [0.5, 0.6) is 0 Å². The molecule has 0 radical (unpaired) electrons. The lowest BCUT2D eigenvalue weighted by atomic mass is 10.1. The van der Waals surface area contributed by atoms with Crippen molar-refractivity contribution in [2.75, 3.05) is 6.61 Å². The summed E-state index contributed by atoms with van der Waals surface area (Å²) in [5, 5.41) is 2.47. The summed E-state index contributed by atoms with van der Waals surface area (Å²) in [7, 11) is 0. The van der Waals surface area contributed by atoms with Gasteiger partial charge in [0.25, 0.3) is 0 Å². The molecule has 0 unspecified atom stereocenters. The Morgan fingerprint density at radius 1 is 1.31 bits per heavy atom. The number of rotatable bonds is 1. The van der Waals surface area contributed by atoms with Gasteiger partial charge in [0, 0.05) is 0 Å². The van der Waals surface area contributed by atoms with Crippen molar-refractivity contribution >= 4 is 6.09 Å². The van der Waals surface area contributed by atoms with Crippen LogP contribution in [-0.4, -0.2) is 12.7 Å². The molecule has 1 heterocycles. The maximum Gasteiger partial charge on any atom is 0.407 e. The van der Waals surface area contributed by atoms with Crippen LogP contribution in [0.3, 0.4) is 0 Å². The Hall–Kier alpha value is -1.65. The Balaban J connectivity index is 0.000000606. The molecule has 0 aromatic heterocycles. The summed E-state index contributed by atoms with van der Waals surface area (Å²) in [6.07, 6.45) is -0.542. The maximum absolute atomic E-state index is 12.8. The number of nitrogens with one attached hydrogen (secondary N) is 1. The van der Waals surface area contributed by atoms with Crippen LogP contribution in [0.1, 0.15) is 25.5 Å². The number of carbonyl (C=O) groups excluding carboxylic acids is 1. The lowest BCUT2D eigenvalue weighted by Crippen LogP contribution is -2.18. The zero-order chi connectivity index (χ0) is 12.1. The van der Waals surface area contributed by atoms with E-state index >= 15 is 0 Å². The zero-order valence-corrected chi connectivity index (χ0v) is 9.09. The van der Waals surface area contributed by atoms with Gasteiger partial charge in [-0.2, -0.15) is 0 Å². The third-order valence-electron chi connectivity index (χ3n) is 2.02. The monoisotopic (exact) mass is 229 g/mol. The third kappa shape index (κ3) is 2.68. The fraction of sp³-hybridized carbons (Fsp3) is 0.364. The maximum atomic E-state index is 12.8. The second kappa shape index (κ2) is 5.44. The standard InChI is InChI=1S/C9H7F2NO2.C2H6/c10-6-2-1-5(3-7(6)11)8-4-14-9(13)12-8;1-2/h1-3,8H,4H2,(H,12,13);1-2H3/t8-;/m1./s1. The first kappa shape index (κ1) is 12.4. The van der Waals surface area contributed by atoms with E-state index in [9.17, 15) is 13.6 Å². The number of hydrogen-bond donors (Lipinski definition) is 1. The Kier molecular flexibility index (Phi) is 4.22. The first-order chi connectivity index (χ1) is 7.66. The van der Waals surface area contributed by atoms with E-state index in [1.165, 1.54) is 6.07 Å². The average molecular weight is 229 g/mol. The summed E-state index contributed by atoms with van der Waals surface area (Å²) in [6.45, 7) is 4.14. The molecule has 1 aromatic rings. The molecule has 5 heteroatoms. The lowest BCUT2D eigenvalue weighted by molar-refractivity contribution is 0.177. The molecule has 1 aliphatic heterocycles. The van der Waals surface area contributed by atoms with E-state index in [2.05, 4.69) is 10.1 Å². The van der Waals surface area contributed by atoms with Gasteiger partial charge in [-0.25, -0.2) is 13.6 Å². The van der Waals surface area contributed by atoms with Crippen molar-refractivity contribution in [3.63, 3.8) is 0 Å². The molecule has 88 valence electrons. The van der Waals surface area contributed by atoms with Crippen molar-refractivity contribution in [1.82, 2.24) is 5.32 Å². The molecule has 1 amide bonds. The molecule has 1 fully saturated rings. The van der Waals surface area contributed by atoms with Gasteiger partial charge >= 0.3 is 6.09 Å². The molecule has 1 saturated heterocycles. The van der Waals surface area contributed by atoms with E-state index in [0.717, 1.165) is 12.1 Å². The first-order valence-corrected chi connectivity index (χ1v) is 5.05. The summed E-state index contributed by atoms with van der Waals surface area (Å²) >= 11 is 0. The molecule has 1 aliphatic rings.